The van der Waals surface area contributed by atoms with Crippen molar-refractivity contribution in [3.63, 3.8) is 0 Å². The summed E-state index contributed by atoms with van der Waals surface area (Å²) in [5, 5.41) is 20.6. The lowest BCUT2D eigenvalue weighted by Crippen LogP contribution is -2.62. The molecule has 27 heavy (non-hydrogen) atoms. The molecule has 1 aromatic carbocycles. The molecule has 2 N–H and O–H groups in total. The molecule has 2 aliphatic rings. The van der Waals surface area contributed by atoms with E-state index in [1.54, 1.807) is 25.4 Å². The van der Waals surface area contributed by atoms with Gasteiger partial charge in [0.1, 0.15) is 0 Å². The second-order valence-electron chi connectivity index (χ2n) is 7.49. The van der Waals surface area contributed by atoms with Gasteiger partial charge in [-0.1, -0.05) is 24.3 Å². The van der Waals surface area contributed by atoms with Gasteiger partial charge < -0.3 is 5.32 Å². The van der Waals surface area contributed by atoms with Gasteiger partial charge in [-0.25, -0.2) is 0 Å². The van der Waals surface area contributed by atoms with E-state index in [1.165, 1.54) is 23.3 Å². The van der Waals surface area contributed by atoms with Crippen molar-refractivity contribution in [2.24, 2.45) is 0 Å². The van der Waals surface area contributed by atoms with Gasteiger partial charge in [0.2, 0.25) is 5.91 Å². The Kier molecular flexibility index (Phi) is 3.96. The Bertz CT molecular complexity index is 957. The first kappa shape index (κ1) is 17.2. The van der Waals surface area contributed by atoms with E-state index in [0.717, 1.165) is 5.56 Å². The fraction of sp³-hybridized carbons (Fsp3) is 0.333. The molecule has 1 saturated heterocycles. The molecule has 6 heteroatoms. The zero-order valence-electron chi connectivity index (χ0n) is 15.4. The molecule has 2 fully saturated rings. The molecule has 1 aromatic heterocycles. The second-order valence-corrected chi connectivity index (χ2v) is 7.49. The fourth-order valence-corrected chi connectivity index (χ4v) is 3.80. The van der Waals surface area contributed by atoms with Gasteiger partial charge in [-0.3, -0.25) is 20.1 Å². The zero-order chi connectivity index (χ0) is 19.2. The van der Waals surface area contributed by atoms with Crippen LogP contribution in [0, 0.1) is 16.7 Å². The van der Waals surface area contributed by atoms with Crippen LogP contribution in [0.15, 0.2) is 42.6 Å². The Morgan fingerprint density at radius 1 is 1.26 bits per heavy atom. The maximum absolute atomic E-state index is 13.2. The molecule has 6 nitrogen and oxygen atoms in total. The first-order valence-corrected chi connectivity index (χ1v) is 9.05. The Hall–Kier alpha value is -3.20. The maximum Gasteiger partial charge on any atom is 0.239 e. The first-order chi connectivity index (χ1) is 12.9. The lowest BCUT2D eigenvalue weighted by Gasteiger charge is -2.45. The Morgan fingerprint density at radius 3 is 2.56 bits per heavy atom. The molecule has 1 amide bonds. The highest BCUT2D eigenvalue weighted by Crippen LogP contribution is 2.43. The van der Waals surface area contributed by atoms with Crippen LogP contribution in [0.1, 0.15) is 54.0 Å². The summed E-state index contributed by atoms with van der Waals surface area (Å²) < 4.78 is 0. The van der Waals surface area contributed by atoms with Gasteiger partial charge >= 0.3 is 0 Å². The Balaban J connectivity index is 1.81. The highest BCUT2D eigenvalue weighted by molar-refractivity contribution is 6.02. The second kappa shape index (κ2) is 6.20. The number of amides is 1. The van der Waals surface area contributed by atoms with Crippen molar-refractivity contribution in [1.29, 1.82) is 10.7 Å². The number of hydrogen-bond acceptors (Lipinski definition) is 4. The molecule has 1 saturated carbocycles. The molecule has 0 unspecified atom stereocenters. The zero-order valence-corrected chi connectivity index (χ0v) is 15.4. The third kappa shape index (κ3) is 2.85. The van der Waals surface area contributed by atoms with Gasteiger partial charge in [-0.15, -0.1) is 0 Å². The normalized spacial score (nSPS) is 25.1. The van der Waals surface area contributed by atoms with Crippen molar-refractivity contribution in [3.05, 3.63) is 65.0 Å². The number of rotatable bonds is 3. The molecule has 1 aliphatic carbocycles. The van der Waals surface area contributed by atoms with Crippen LogP contribution in [0.3, 0.4) is 0 Å². The summed E-state index contributed by atoms with van der Waals surface area (Å²) in [5.74, 6) is -0.0381. The molecule has 4 rings (SSSR count). The van der Waals surface area contributed by atoms with Crippen LogP contribution in [-0.2, 0) is 10.3 Å². The van der Waals surface area contributed by atoms with Crippen LogP contribution in [-0.4, -0.2) is 28.8 Å². The summed E-state index contributed by atoms with van der Waals surface area (Å²) in [6, 6.07) is 13.6. The first-order valence-electron chi connectivity index (χ1n) is 9.05. The number of guanidine groups is 1. The summed E-state index contributed by atoms with van der Waals surface area (Å²) in [5.41, 5.74) is 2.31. The van der Waals surface area contributed by atoms with Crippen LogP contribution in [0.5, 0.6) is 0 Å². The summed E-state index contributed by atoms with van der Waals surface area (Å²) in [6.45, 7) is 1.87. The van der Waals surface area contributed by atoms with Gasteiger partial charge in [-0.2, -0.15) is 5.26 Å². The topological polar surface area (TPSA) is 92.9 Å². The fourth-order valence-electron chi connectivity index (χ4n) is 3.80. The molecule has 2 aromatic rings. The number of carbonyl (C=O) groups excluding carboxylic acids is 1. The number of aromatic nitrogens is 1. The number of likely N-dealkylation sites (N-methyl/N-ethyl adjacent to an activating group) is 1. The molecule has 136 valence electrons. The lowest BCUT2D eigenvalue weighted by atomic mass is 9.75. The number of nitriles is 1. The third-order valence-electron chi connectivity index (χ3n) is 5.61. The minimum atomic E-state index is -0.922. The molecular weight excluding hydrogens is 338 g/mol. The minimum Gasteiger partial charge on any atom is -0.344 e. The van der Waals surface area contributed by atoms with E-state index in [9.17, 15) is 10.1 Å². The van der Waals surface area contributed by atoms with E-state index in [4.69, 9.17) is 5.41 Å². The molecule has 2 heterocycles. The molecule has 1 aliphatic heterocycles. The lowest BCUT2D eigenvalue weighted by molar-refractivity contribution is -0.131. The van der Waals surface area contributed by atoms with Crippen molar-refractivity contribution in [1.82, 2.24) is 15.2 Å². The number of carbonyl (C=O) groups is 1. The van der Waals surface area contributed by atoms with Crippen molar-refractivity contribution in [3.8, 4) is 6.07 Å². The largest absolute Gasteiger partial charge is 0.344 e. The molecule has 0 bridgehead atoms. The monoisotopic (exact) mass is 359 g/mol. The molecule has 0 spiro atoms. The van der Waals surface area contributed by atoms with E-state index in [2.05, 4.69) is 28.5 Å². The van der Waals surface area contributed by atoms with Crippen LogP contribution < -0.4 is 5.32 Å². The predicted octanol–water partition coefficient (Wildman–Crippen LogP) is 2.83. The summed E-state index contributed by atoms with van der Waals surface area (Å²) >= 11 is 0. The number of pyridine rings is 1. The van der Waals surface area contributed by atoms with Crippen LogP contribution >= 0.6 is 0 Å². The van der Waals surface area contributed by atoms with E-state index in [0.29, 0.717) is 17.2 Å². The Morgan fingerprint density at radius 2 is 1.93 bits per heavy atom. The number of nitrogens with one attached hydrogen (secondary N) is 2. The van der Waals surface area contributed by atoms with Gasteiger partial charge in [-0.05, 0) is 48.9 Å². The number of hydrogen-bond donors (Lipinski definition) is 2. The van der Waals surface area contributed by atoms with Crippen molar-refractivity contribution < 1.29 is 4.79 Å². The van der Waals surface area contributed by atoms with Gasteiger partial charge in [0.05, 0.1) is 28.8 Å². The summed E-state index contributed by atoms with van der Waals surface area (Å²) in [6.07, 6.45) is 4.03. The van der Waals surface area contributed by atoms with Gasteiger partial charge in [0.15, 0.2) is 5.96 Å². The third-order valence-corrected chi connectivity index (χ3v) is 5.61. The van der Waals surface area contributed by atoms with Crippen LogP contribution in [0.2, 0.25) is 0 Å². The smallest absolute Gasteiger partial charge is 0.239 e. The molecule has 2 atom stereocenters. The van der Waals surface area contributed by atoms with Crippen molar-refractivity contribution in [2.75, 3.05) is 7.05 Å². The predicted molar refractivity (Wildman–Crippen MR) is 101 cm³/mol. The minimum absolute atomic E-state index is 0.0255. The highest BCUT2D eigenvalue weighted by Gasteiger charge is 2.49. The van der Waals surface area contributed by atoms with E-state index < -0.39 is 11.5 Å². The van der Waals surface area contributed by atoms with Crippen molar-refractivity contribution >= 4 is 11.9 Å². The number of nitrogens with zero attached hydrogens (tertiary/aromatic N) is 3. The maximum atomic E-state index is 13.2. The highest BCUT2D eigenvalue weighted by atomic mass is 16.2. The van der Waals surface area contributed by atoms with Gasteiger partial charge in [0, 0.05) is 13.2 Å². The summed E-state index contributed by atoms with van der Waals surface area (Å²) in [7, 11) is 1.60. The van der Waals surface area contributed by atoms with E-state index in [1.807, 2.05) is 19.1 Å². The van der Waals surface area contributed by atoms with E-state index in [-0.39, 0.29) is 11.9 Å². The van der Waals surface area contributed by atoms with Gasteiger partial charge in [0.25, 0.3) is 0 Å². The average molecular weight is 359 g/mol. The SMILES string of the molecule is CN1C(=N)N[C@](C)(c2cc(C#N)ccn2)[C@H](c2ccc(C3CC3)cc2)C1=O. The summed E-state index contributed by atoms with van der Waals surface area (Å²) in [4.78, 5) is 18.9. The van der Waals surface area contributed by atoms with Crippen LogP contribution in [0.25, 0.3) is 0 Å². The average Bonchev–Trinajstić information content (AvgIpc) is 3.52. The Labute approximate surface area is 158 Å². The molecular formula is C21H21N5O. The molecule has 0 radical (unpaired) electrons. The standard InChI is InChI=1S/C21H21N5O/c1-21(17-11-13(12-22)9-10-24-17)18(19(27)26(2)20(23)25-21)16-7-5-15(6-8-16)14-3-4-14/h5-11,14,18H,3-4H2,1-2H3,(H2,23,25)/t18-,21-/m1/s1. The number of benzene rings is 1. The quantitative estimate of drug-likeness (QED) is 0.881. The van der Waals surface area contributed by atoms with Crippen LogP contribution in [0.4, 0.5) is 0 Å². The van der Waals surface area contributed by atoms with E-state index >= 15 is 0 Å². The van der Waals surface area contributed by atoms with Crippen molar-refractivity contribution in [2.45, 2.75) is 37.1 Å².